The van der Waals surface area contributed by atoms with Crippen LogP contribution in [0, 0.1) is 5.41 Å². The summed E-state index contributed by atoms with van der Waals surface area (Å²) in [6, 6.07) is 0. The Hall–Kier alpha value is -0.196. The number of hydrogen-bond donors (Lipinski definition) is 0. The molecule has 0 saturated heterocycles. The first-order valence-corrected chi connectivity index (χ1v) is 11.1. The van der Waals surface area contributed by atoms with Gasteiger partial charge in [-0.05, 0) is 26.2 Å². The van der Waals surface area contributed by atoms with Crippen molar-refractivity contribution in [1.82, 2.24) is 0 Å². The molecule has 2 atom stereocenters. The summed E-state index contributed by atoms with van der Waals surface area (Å²) in [7, 11) is -2.87. The van der Waals surface area contributed by atoms with Crippen molar-refractivity contribution in [3.8, 4) is 0 Å². The Bertz CT molecular complexity index is 231. The van der Waals surface area contributed by atoms with Crippen LogP contribution < -0.4 is 0 Å². The SMILES string of the molecule is C=CC([SiH](C)O[Si](C)(C)C)C(C)(C)C=O. The van der Waals surface area contributed by atoms with Gasteiger partial charge in [-0.15, -0.1) is 6.58 Å². The Morgan fingerprint density at radius 1 is 1.40 bits per heavy atom. The van der Waals surface area contributed by atoms with Gasteiger partial charge in [-0.25, -0.2) is 0 Å². The van der Waals surface area contributed by atoms with Crippen LogP contribution in [-0.2, 0) is 8.91 Å². The zero-order chi connectivity index (χ0) is 12.3. The Labute approximate surface area is 96.6 Å². The molecule has 0 N–H and O–H groups in total. The monoisotopic (exact) mass is 244 g/mol. The van der Waals surface area contributed by atoms with E-state index in [1.54, 1.807) is 0 Å². The predicted octanol–water partition coefficient (Wildman–Crippen LogP) is 2.97. The van der Waals surface area contributed by atoms with Crippen molar-refractivity contribution in [2.45, 2.75) is 45.6 Å². The van der Waals surface area contributed by atoms with Crippen molar-refractivity contribution in [3.63, 3.8) is 0 Å². The van der Waals surface area contributed by atoms with Crippen LogP contribution in [0.5, 0.6) is 0 Å². The summed E-state index contributed by atoms with van der Waals surface area (Å²) in [5.41, 5.74) is -0.130. The van der Waals surface area contributed by atoms with Gasteiger partial charge in [-0.1, -0.05) is 19.9 Å². The number of hydrogen-bond acceptors (Lipinski definition) is 2. The molecule has 88 valence electrons. The highest BCUT2D eigenvalue weighted by Gasteiger charge is 2.34. The first-order chi connectivity index (χ1) is 6.64. The van der Waals surface area contributed by atoms with Crippen LogP contribution in [0.15, 0.2) is 12.7 Å². The third-order valence-electron chi connectivity index (χ3n) is 2.46. The highest BCUT2D eigenvalue weighted by Crippen LogP contribution is 2.34. The van der Waals surface area contributed by atoms with Crippen LogP contribution in [0.3, 0.4) is 0 Å². The van der Waals surface area contributed by atoms with Gasteiger partial charge in [0, 0.05) is 11.0 Å². The summed E-state index contributed by atoms with van der Waals surface area (Å²) in [6.45, 7) is 16.5. The van der Waals surface area contributed by atoms with Gasteiger partial charge in [0.1, 0.15) is 6.29 Å². The van der Waals surface area contributed by atoms with Gasteiger partial charge in [0.25, 0.3) is 0 Å². The third-order valence-corrected chi connectivity index (χ3v) is 8.92. The maximum absolute atomic E-state index is 11.0. The van der Waals surface area contributed by atoms with E-state index in [2.05, 4.69) is 32.8 Å². The fraction of sp³-hybridized carbons (Fsp3) is 0.727. The number of carbonyl (C=O) groups excluding carboxylic acids is 1. The minimum Gasteiger partial charge on any atom is -0.458 e. The van der Waals surface area contributed by atoms with Crippen molar-refractivity contribution >= 4 is 23.6 Å². The molecule has 0 aromatic carbocycles. The molecule has 0 aromatic rings. The normalized spacial score (nSPS) is 16.9. The van der Waals surface area contributed by atoms with E-state index in [0.717, 1.165) is 6.29 Å². The van der Waals surface area contributed by atoms with E-state index in [1.165, 1.54) is 0 Å². The van der Waals surface area contributed by atoms with Crippen LogP contribution >= 0.6 is 0 Å². The fourth-order valence-electron chi connectivity index (χ4n) is 1.81. The first kappa shape index (κ1) is 14.8. The summed E-state index contributed by atoms with van der Waals surface area (Å²) in [5.74, 6) is 0. The number of carbonyl (C=O) groups is 1. The van der Waals surface area contributed by atoms with Gasteiger partial charge in [-0.2, -0.15) is 0 Å². The average molecular weight is 244 g/mol. The van der Waals surface area contributed by atoms with E-state index in [-0.39, 0.29) is 11.0 Å². The third kappa shape index (κ3) is 4.90. The second kappa shape index (κ2) is 5.23. The molecule has 0 heterocycles. The van der Waals surface area contributed by atoms with Crippen LogP contribution in [0.25, 0.3) is 0 Å². The molecule has 15 heavy (non-hydrogen) atoms. The molecular weight excluding hydrogens is 220 g/mol. The molecular formula is C11H24O2Si2. The molecule has 0 saturated carbocycles. The van der Waals surface area contributed by atoms with Crippen LogP contribution in [-0.4, -0.2) is 23.6 Å². The molecule has 0 rings (SSSR count). The number of rotatable bonds is 6. The van der Waals surface area contributed by atoms with Gasteiger partial charge < -0.3 is 8.91 Å². The lowest BCUT2D eigenvalue weighted by Gasteiger charge is -2.34. The van der Waals surface area contributed by atoms with Gasteiger partial charge in [-0.3, -0.25) is 0 Å². The summed E-state index contributed by atoms with van der Waals surface area (Å²) in [5, 5.41) is 0. The summed E-state index contributed by atoms with van der Waals surface area (Å²) in [4.78, 5) is 11.0. The maximum atomic E-state index is 11.0. The van der Waals surface area contributed by atoms with Crippen LogP contribution in [0.2, 0.25) is 31.7 Å². The second-order valence-corrected chi connectivity index (χ2v) is 12.9. The second-order valence-electron chi connectivity index (χ2n) is 5.64. The van der Waals surface area contributed by atoms with E-state index in [4.69, 9.17) is 4.12 Å². The molecule has 0 spiro atoms. The Morgan fingerprint density at radius 2 is 1.87 bits per heavy atom. The molecule has 0 amide bonds. The van der Waals surface area contributed by atoms with Gasteiger partial charge in [0.15, 0.2) is 17.4 Å². The molecule has 0 aromatic heterocycles. The Morgan fingerprint density at radius 3 is 2.13 bits per heavy atom. The van der Waals surface area contributed by atoms with Crippen molar-refractivity contribution < 1.29 is 8.91 Å². The summed E-state index contributed by atoms with van der Waals surface area (Å²) >= 11 is 0. The molecule has 0 bridgehead atoms. The smallest absolute Gasteiger partial charge is 0.170 e. The van der Waals surface area contributed by atoms with E-state index in [1.807, 2.05) is 19.9 Å². The first-order valence-electron chi connectivity index (χ1n) is 5.41. The van der Waals surface area contributed by atoms with Crippen LogP contribution in [0.4, 0.5) is 0 Å². The molecule has 0 fully saturated rings. The topological polar surface area (TPSA) is 26.3 Å². The molecule has 2 nitrogen and oxygen atoms in total. The summed E-state index contributed by atoms with van der Waals surface area (Å²) < 4.78 is 6.13. The number of allylic oxidation sites excluding steroid dienone is 1. The van der Waals surface area contributed by atoms with Crippen LogP contribution in [0.1, 0.15) is 13.8 Å². The average Bonchev–Trinajstić information content (AvgIpc) is 2.01. The molecule has 0 aliphatic rings. The highest BCUT2D eigenvalue weighted by atomic mass is 28.4. The quantitative estimate of drug-likeness (QED) is 0.408. The Balaban J connectivity index is 4.69. The van der Waals surface area contributed by atoms with E-state index >= 15 is 0 Å². The lowest BCUT2D eigenvalue weighted by atomic mass is 9.91. The predicted molar refractivity (Wildman–Crippen MR) is 71.2 cm³/mol. The minimum absolute atomic E-state index is 0.210. The zero-order valence-electron chi connectivity index (χ0n) is 10.8. The van der Waals surface area contributed by atoms with Crippen molar-refractivity contribution in [2.24, 2.45) is 5.41 Å². The van der Waals surface area contributed by atoms with Crippen molar-refractivity contribution in [1.29, 1.82) is 0 Å². The van der Waals surface area contributed by atoms with E-state index in [0.29, 0.717) is 0 Å². The zero-order valence-corrected chi connectivity index (χ0v) is 13.0. The number of aldehydes is 1. The molecule has 0 aliphatic carbocycles. The van der Waals surface area contributed by atoms with Gasteiger partial charge >= 0.3 is 0 Å². The maximum Gasteiger partial charge on any atom is 0.170 e. The molecule has 2 unspecified atom stereocenters. The fourth-order valence-corrected chi connectivity index (χ4v) is 8.53. The minimum atomic E-state index is -1.49. The van der Waals surface area contributed by atoms with Gasteiger partial charge in [0.2, 0.25) is 0 Å². The molecule has 4 heteroatoms. The largest absolute Gasteiger partial charge is 0.458 e. The van der Waals surface area contributed by atoms with E-state index in [9.17, 15) is 4.79 Å². The summed E-state index contributed by atoms with van der Waals surface area (Å²) in [6.07, 6.45) is 2.92. The van der Waals surface area contributed by atoms with Crippen molar-refractivity contribution in [2.75, 3.05) is 0 Å². The molecule has 0 radical (unpaired) electrons. The highest BCUT2D eigenvalue weighted by molar-refractivity contribution is 6.77. The van der Waals surface area contributed by atoms with E-state index < -0.39 is 17.4 Å². The van der Waals surface area contributed by atoms with Crippen molar-refractivity contribution in [3.05, 3.63) is 12.7 Å². The molecule has 0 aliphatic heterocycles. The lowest BCUT2D eigenvalue weighted by Crippen LogP contribution is -2.40. The van der Waals surface area contributed by atoms with Gasteiger partial charge in [0.05, 0.1) is 0 Å². The lowest BCUT2D eigenvalue weighted by molar-refractivity contribution is -0.114. The standard InChI is InChI=1S/C11H24O2Si2/c1-8-10(11(2,3)9-12)14(4)13-15(5,6)7/h8-10,14H,1H2,2-7H3. The Kier molecular flexibility index (Phi) is 5.16.